The molecule has 0 aromatic heterocycles. The fourth-order valence-corrected chi connectivity index (χ4v) is 2.53. The highest BCUT2D eigenvalue weighted by Gasteiger charge is 2.15. The molecule has 0 atom stereocenters. The van der Waals surface area contributed by atoms with Crippen molar-refractivity contribution < 1.29 is 4.74 Å². The van der Waals surface area contributed by atoms with E-state index in [4.69, 9.17) is 10.5 Å². The van der Waals surface area contributed by atoms with Crippen molar-refractivity contribution in [3.05, 3.63) is 22.7 Å². The second-order valence-electron chi connectivity index (χ2n) is 4.15. The molecule has 0 saturated heterocycles. The monoisotopic (exact) mass is 269 g/mol. The molecule has 1 aliphatic rings. The number of hydrogen-bond acceptors (Lipinski definition) is 2. The van der Waals surface area contributed by atoms with E-state index in [1.807, 2.05) is 18.2 Å². The minimum Gasteiger partial charge on any atom is -0.492 e. The fraction of sp³-hybridized carbons (Fsp3) is 0.500. The van der Waals surface area contributed by atoms with Gasteiger partial charge in [-0.25, -0.2) is 0 Å². The molecule has 3 heteroatoms. The van der Waals surface area contributed by atoms with Crippen molar-refractivity contribution in [2.75, 3.05) is 12.3 Å². The first kappa shape index (κ1) is 10.8. The van der Waals surface area contributed by atoms with E-state index >= 15 is 0 Å². The van der Waals surface area contributed by atoms with Crippen LogP contribution in [0.3, 0.4) is 0 Å². The van der Waals surface area contributed by atoms with Crippen LogP contribution in [0.2, 0.25) is 0 Å². The summed E-state index contributed by atoms with van der Waals surface area (Å²) in [6.07, 6.45) is 5.34. The van der Waals surface area contributed by atoms with E-state index < -0.39 is 0 Å². The van der Waals surface area contributed by atoms with E-state index in [0.717, 1.165) is 28.4 Å². The Morgan fingerprint density at radius 3 is 2.73 bits per heavy atom. The van der Waals surface area contributed by atoms with Crippen LogP contribution in [0, 0.1) is 5.92 Å². The van der Waals surface area contributed by atoms with Gasteiger partial charge < -0.3 is 10.5 Å². The van der Waals surface area contributed by atoms with Crippen LogP contribution in [-0.4, -0.2) is 6.61 Å². The normalized spacial score (nSPS) is 16.9. The van der Waals surface area contributed by atoms with Gasteiger partial charge >= 0.3 is 0 Å². The van der Waals surface area contributed by atoms with Crippen LogP contribution in [-0.2, 0) is 0 Å². The Bertz CT molecular complexity index is 334. The molecule has 0 unspecified atom stereocenters. The quantitative estimate of drug-likeness (QED) is 0.852. The van der Waals surface area contributed by atoms with Gasteiger partial charge in [-0.15, -0.1) is 0 Å². The van der Waals surface area contributed by atoms with Crippen molar-refractivity contribution in [2.24, 2.45) is 5.92 Å². The van der Waals surface area contributed by atoms with Crippen LogP contribution >= 0.6 is 15.9 Å². The first-order chi connectivity index (χ1) is 7.25. The van der Waals surface area contributed by atoms with E-state index in [0.29, 0.717) is 0 Å². The van der Waals surface area contributed by atoms with Crippen molar-refractivity contribution in [3.63, 3.8) is 0 Å². The zero-order valence-electron chi connectivity index (χ0n) is 8.71. The van der Waals surface area contributed by atoms with Gasteiger partial charge in [0.1, 0.15) is 5.75 Å². The first-order valence-corrected chi connectivity index (χ1v) is 6.23. The lowest BCUT2D eigenvalue weighted by molar-refractivity contribution is 0.251. The summed E-state index contributed by atoms with van der Waals surface area (Å²) in [5, 5.41) is 0. The number of nitrogen functional groups attached to an aromatic ring is 1. The summed E-state index contributed by atoms with van der Waals surface area (Å²) in [6, 6.07) is 5.67. The maximum Gasteiger partial charge on any atom is 0.133 e. The van der Waals surface area contributed by atoms with E-state index in [2.05, 4.69) is 15.9 Å². The highest BCUT2D eigenvalue weighted by atomic mass is 79.9. The Hall–Kier alpha value is -0.700. The van der Waals surface area contributed by atoms with Crippen LogP contribution in [0.25, 0.3) is 0 Å². The molecule has 15 heavy (non-hydrogen) atoms. The highest BCUT2D eigenvalue weighted by molar-refractivity contribution is 9.10. The average Bonchev–Trinajstić information content (AvgIpc) is 2.69. The molecule has 0 amide bonds. The number of nitrogens with two attached hydrogens (primary N) is 1. The topological polar surface area (TPSA) is 35.2 Å². The second-order valence-corrected chi connectivity index (χ2v) is 5.01. The van der Waals surface area contributed by atoms with E-state index in [9.17, 15) is 0 Å². The standard InChI is InChI=1S/C12H16BrNO/c13-11-7-10(14)5-6-12(11)15-8-9-3-1-2-4-9/h5-7,9H,1-4,8,14H2. The first-order valence-electron chi connectivity index (χ1n) is 5.43. The van der Waals surface area contributed by atoms with Gasteiger partial charge in [-0.3, -0.25) is 0 Å². The molecule has 2 rings (SSSR count). The third-order valence-corrected chi connectivity index (χ3v) is 3.52. The third-order valence-electron chi connectivity index (χ3n) is 2.91. The molecule has 1 aromatic rings. The average molecular weight is 270 g/mol. The van der Waals surface area contributed by atoms with Crippen LogP contribution in [0.1, 0.15) is 25.7 Å². The Morgan fingerprint density at radius 1 is 1.33 bits per heavy atom. The van der Waals surface area contributed by atoms with Crippen LogP contribution < -0.4 is 10.5 Å². The van der Waals surface area contributed by atoms with Gasteiger partial charge in [0, 0.05) is 5.69 Å². The molecule has 0 spiro atoms. The summed E-state index contributed by atoms with van der Waals surface area (Å²) < 4.78 is 6.72. The number of hydrogen-bond donors (Lipinski definition) is 1. The molecule has 0 radical (unpaired) electrons. The summed E-state index contributed by atoms with van der Waals surface area (Å²) in [5.41, 5.74) is 6.42. The Labute approximate surface area is 98.9 Å². The second kappa shape index (κ2) is 4.88. The Kier molecular flexibility index (Phi) is 3.52. The molecule has 0 heterocycles. The molecular formula is C12H16BrNO. The summed E-state index contributed by atoms with van der Waals surface area (Å²) in [4.78, 5) is 0. The largest absolute Gasteiger partial charge is 0.492 e. The molecule has 0 aliphatic heterocycles. The molecule has 0 bridgehead atoms. The molecule has 1 aromatic carbocycles. The van der Waals surface area contributed by atoms with Gasteiger partial charge in [0.15, 0.2) is 0 Å². The van der Waals surface area contributed by atoms with Gasteiger partial charge in [0.05, 0.1) is 11.1 Å². The maximum absolute atomic E-state index is 5.77. The van der Waals surface area contributed by atoms with Crippen molar-refractivity contribution in [3.8, 4) is 5.75 Å². The number of halogens is 1. The summed E-state index contributed by atoms with van der Waals surface area (Å²) in [6.45, 7) is 0.836. The van der Waals surface area contributed by atoms with Crippen LogP contribution in [0.15, 0.2) is 22.7 Å². The minimum atomic E-state index is 0.745. The predicted molar refractivity (Wildman–Crippen MR) is 66.0 cm³/mol. The van der Waals surface area contributed by atoms with Crippen molar-refractivity contribution in [2.45, 2.75) is 25.7 Å². The molecular weight excluding hydrogens is 254 g/mol. The van der Waals surface area contributed by atoms with E-state index in [-0.39, 0.29) is 0 Å². The predicted octanol–water partition coefficient (Wildman–Crippen LogP) is 3.60. The summed E-state index contributed by atoms with van der Waals surface area (Å²) in [5.74, 6) is 1.64. The zero-order chi connectivity index (χ0) is 10.7. The molecule has 1 fully saturated rings. The smallest absolute Gasteiger partial charge is 0.133 e. The number of rotatable bonds is 3. The lowest BCUT2D eigenvalue weighted by atomic mass is 10.1. The third kappa shape index (κ3) is 2.88. The lowest BCUT2D eigenvalue weighted by Crippen LogP contribution is -2.08. The number of anilines is 1. The molecule has 2 nitrogen and oxygen atoms in total. The Balaban J connectivity index is 1.92. The van der Waals surface area contributed by atoms with Gasteiger partial charge in [0.25, 0.3) is 0 Å². The van der Waals surface area contributed by atoms with Gasteiger partial charge in [-0.1, -0.05) is 12.8 Å². The SMILES string of the molecule is Nc1ccc(OCC2CCCC2)c(Br)c1. The van der Waals surface area contributed by atoms with Gasteiger partial charge in [-0.05, 0) is 52.9 Å². The van der Waals surface area contributed by atoms with Crippen LogP contribution in [0.5, 0.6) is 5.75 Å². The highest BCUT2D eigenvalue weighted by Crippen LogP contribution is 2.30. The lowest BCUT2D eigenvalue weighted by Gasteiger charge is -2.12. The van der Waals surface area contributed by atoms with Crippen molar-refractivity contribution in [1.29, 1.82) is 0 Å². The Morgan fingerprint density at radius 2 is 2.07 bits per heavy atom. The zero-order valence-corrected chi connectivity index (χ0v) is 10.3. The van der Waals surface area contributed by atoms with Gasteiger partial charge in [0.2, 0.25) is 0 Å². The van der Waals surface area contributed by atoms with Crippen molar-refractivity contribution >= 4 is 21.6 Å². The van der Waals surface area contributed by atoms with Crippen LogP contribution in [0.4, 0.5) is 5.69 Å². The fourth-order valence-electron chi connectivity index (χ4n) is 2.02. The van der Waals surface area contributed by atoms with Crippen molar-refractivity contribution in [1.82, 2.24) is 0 Å². The van der Waals surface area contributed by atoms with E-state index in [1.54, 1.807) is 0 Å². The number of benzene rings is 1. The summed E-state index contributed by atoms with van der Waals surface area (Å²) >= 11 is 3.45. The number of ether oxygens (including phenoxy) is 1. The molecule has 1 aliphatic carbocycles. The molecule has 82 valence electrons. The molecule has 1 saturated carbocycles. The maximum atomic E-state index is 5.77. The van der Waals surface area contributed by atoms with Gasteiger partial charge in [-0.2, -0.15) is 0 Å². The summed E-state index contributed by atoms with van der Waals surface area (Å²) in [7, 11) is 0. The minimum absolute atomic E-state index is 0.745. The molecule has 2 N–H and O–H groups in total. The van der Waals surface area contributed by atoms with E-state index in [1.165, 1.54) is 25.7 Å².